The molecule has 1 aliphatic rings. The predicted octanol–water partition coefficient (Wildman–Crippen LogP) is 0.873. The van der Waals surface area contributed by atoms with E-state index in [0.717, 1.165) is 26.2 Å². The van der Waals surface area contributed by atoms with Gasteiger partial charge in [-0.15, -0.1) is 6.58 Å². The Hall–Kier alpha value is -0.380. The second-order valence-corrected chi connectivity index (χ2v) is 3.78. The van der Waals surface area contributed by atoms with Gasteiger partial charge in [0.1, 0.15) is 0 Å². The Kier molecular flexibility index (Phi) is 5.83. The summed E-state index contributed by atoms with van der Waals surface area (Å²) in [4.78, 5) is 2.49. The third-order valence-electron chi connectivity index (χ3n) is 2.73. The van der Waals surface area contributed by atoms with Crippen LogP contribution < -0.4 is 5.32 Å². The van der Waals surface area contributed by atoms with Crippen molar-refractivity contribution in [3.05, 3.63) is 12.7 Å². The molecule has 1 N–H and O–H groups in total. The summed E-state index contributed by atoms with van der Waals surface area (Å²) in [5.41, 5.74) is 0. The molecule has 0 aromatic rings. The first-order valence-corrected chi connectivity index (χ1v) is 5.43. The SMILES string of the molecule is C=CCN1CCCC1CNCCOC. The zero-order valence-corrected chi connectivity index (χ0v) is 9.17. The highest BCUT2D eigenvalue weighted by atomic mass is 16.5. The van der Waals surface area contributed by atoms with Gasteiger partial charge in [-0.1, -0.05) is 6.08 Å². The molecule has 0 aliphatic carbocycles. The molecule has 0 amide bonds. The number of hydrogen-bond donors (Lipinski definition) is 1. The Labute approximate surface area is 87.1 Å². The molecule has 0 aromatic carbocycles. The highest BCUT2D eigenvalue weighted by Gasteiger charge is 2.22. The summed E-state index contributed by atoms with van der Waals surface area (Å²) in [5, 5.41) is 3.42. The van der Waals surface area contributed by atoms with E-state index in [1.807, 2.05) is 6.08 Å². The predicted molar refractivity (Wildman–Crippen MR) is 59.5 cm³/mol. The topological polar surface area (TPSA) is 24.5 Å². The van der Waals surface area contributed by atoms with E-state index in [1.54, 1.807) is 7.11 Å². The van der Waals surface area contributed by atoms with E-state index in [-0.39, 0.29) is 0 Å². The molecule has 0 radical (unpaired) electrons. The number of hydrogen-bond acceptors (Lipinski definition) is 3. The van der Waals surface area contributed by atoms with Crippen LogP contribution in [0.1, 0.15) is 12.8 Å². The summed E-state index contributed by atoms with van der Waals surface area (Å²) in [5.74, 6) is 0. The van der Waals surface area contributed by atoms with Crippen LogP contribution in [-0.2, 0) is 4.74 Å². The first-order valence-electron chi connectivity index (χ1n) is 5.43. The molecule has 0 saturated carbocycles. The average Bonchev–Trinajstić information content (AvgIpc) is 2.61. The molecule has 1 unspecified atom stereocenters. The monoisotopic (exact) mass is 198 g/mol. The van der Waals surface area contributed by atoms with Crippen molar-refractivity contribution in [1.82, 2.24) is 10.2 Å². The molecule has 1 saturated heterocycles. The summed E-state index contributed by atoms with van der Waals surface area (Å²) in [6.45, 7) is 8.87. The van der Waals surface area contributed by atoms with Crippen molar-refractivity contribution in [3.8, 4) is 0 Å². The molecule has 0 spiro atoms. The molecule has 1 atom stereocenters. The highest BCUT2D eigenvalue weighted by Crippen LogP contribution is 2.15. The van der Waals surface area contributed by atoms with Crippen LogP contribution in [0.3, 0.4) is 0 Å². The number of nitrogens with one attached hydrogen (secondary N) is 1. The van der Waals surface area contributed by atoms with Gasteiger partial charge >= 0.3 is 0 Å². The Bertz CT molecular complexity index is 161. The van der Waals surface area contributed by atoms with Crippen molar-refractivity contribution < 1.29 is 4.74 Å². The van der Waals surface area contributed by atoms with Crippen LogP contribution in [0, 0.1) is 0 Å². The van der Waals surface area contributed by atoms with Crippen molar-refractivity contribution in [2.24, 2.45) is 0 Å². The summed E-state index contributed by atoms with van der Waals surface area (Å²) < 4.78 is 4.99. The number of rotatable bonds is 7. The fourth-order valence-corrected chi connectivity index (χ4v) is 1.98. The average molecular weight is 198 g/mol. The molecule has 1 heterocycles. The molecule has 1 fully saturated rings. The molecular formula is C11H22N2O. The van der Waals surface area contributed by atoms with Gasteiger partial charge in [0, 0.05) is 32.8 Å². The van der Waals surface area contributed by atoms with Crippen molar-refractivity contribution in [2.45, 2.75) is 18.9 Å². The molecule has 1 rings (SSSR count). The number of ether oxygens (including phenoxy) is 1. The minimum absolute atomic E-state index is 0.699. The standard InChI is InChI=1S/C11H22N2O/c1-3-7-13-8-4-5-11(13)10-12-6-9-14-2/h3,11-12H,1,4-10H2,2H3. The zero-order valence-electron chi connectivity index (χ0n) is 9.17. The van der Waals surface area contributed by atoms with Crippen LogP contribution in [0.4, 0.5) is 0 Å². The van der Waals surface area contributed by atoms with Gasteiger partial charge in [-0.2, -0.15) is 0 Å². The van der Waals surface area contributed by atoms with Crippen LogP contribution in [0.2, 0.25) is 0 Å². The van der Waals surface area contributed by atoms with Crippen LogP contribution in [0.5, 0.6) is 0 Å². The second-order valence-electron chi connectivity index (χ2n) is 3.78. The molecular weight excluding hydrogens is 176 g/mol. The molecule has 0 aromatic heterocycles. The Morgan fingerprint density at radius 1 is 1.64 bits per heavy atom. The lowest BCUT2D eigenvalue weighted by atomic mass is 10.2. The molecule has 3 heteroatoms. The van der Waals surface area contributed by atoms with E-state index < -0.39 is 0 Å². The Morgan fingerprint density at radius 3 is 3.21 bits per heavy atom. The molecule has 14 heavy (non-hydrogen) atoms. The van der Waals surface area contributed by atoms with E-state index in [4.69, 9.17) is 4.74 Å². The first kappa shape index (κ1) is 11.7. The number of nitrogens with zero attached hydrogens (tertiary/aromatic N) is 1. The lowest BCUT2D eigenvalue weighted by Crippen LogP contribution is -2.38. The minimum Gasteiger partial charge on any atom is -0.383 e. The number of methoxy groups -OCH3 is 1. The Balaban J connectivity index is 2.12. The third kappa shape index (κ3) is 3.78. The third-order valence-corrected chi connectivity index (χ3v) is 2.73. The van der Waals surface area contributed by atoms with Crippen molar-refractivity contribution in [2.75, 3.05) is 39.9 Å². The maximum atomic E-state index is 4.99. The van der Waals surface area contributed by atoms with Crippen molar-refractivity contribution in [1.29, 1.82) is 0 Å². The summed E-state index contributed by atoms with van der Waals surface area (Å²) >= 11 is 0. The largest absolute Gasteiger partial charge is 0.383 e. The maximum absolute atomic E-state index is 4.99. The van der Waals surface area contributed by atoms with Crippen LogP contribution in [0.15, 0.2) is 12.7 Å². The van der Waals surface area contributed by atoms with Crippen LogP contribution >= 0.6 is 0 Å². The van der Waals surface area contributed by atoms with Gasteiger partial charge in [0.05, 0.1) is 6.61 Å². The molecule has 1 aliphatic heterocycles. The van der Waals surface area contributed by atoms with Crippen molar-refractivity contribution >= 4 is 0 Å². The minimum atomic E-state index is 0.699. The fraction of sp³-hybridized carbons (Fsp3) is 0.818. The molecule has 0 bridgehead atoms. The van der Waals surface area contributed by atoms with Crippen LogP contribution in [-0.4, -0.2) is 50.8 Å². The van der Waals surface area contributed by atoms with E-state index in [1.165, 1.54) is 19.4 Å². The van der Waals surface area contributed by atoms with E-state index >= 15 is 0 Å². The highest BCUT2D eigenvalue weighted by molar-refractivity contribution is 4.85. The van der Waals surface area contributed by atoms with Gasteiger partial charge in [0.25, 0.3) is 0 Å². The first-order chi connectivity index (χ1) is 6.88. The lowest BCUT2D eigenvalue weighted by Gasteiger charge is -2.23. The van der Waals surface area contributed by atoms with Gasteiger partial charge in [-0.25, -0.2) is 0 Å². The van der Waals surface area contributed by atoms with Gasteiger partial charge in [0.15, 0.2) is 0 Å². The van der Waals surface area contributed by atoms with E-state index in [2.05, 4.69) is 16.8 Å². The van der Waals surface area contributed by atoms with Gasteiger partial charge < -0.3 is 10.1 Å². The number of likely N-dealkylation sites (tertiary alicyclic amines) is 1. The molecule has 3 nitrogen and oxygen atoms in total. The van der Waals surface area contributed by atoms with Crippen LogP contribution in [0.25, 0.3) is 0 Å². The Morgan fingerprint density at radius 2 is 2.50 bits per heavy atom. The zero-order chi connectivity index (χ0) is 10.2. The quantitative estimate of drug-likeness (QED) is 0.485. The second kappa shape index (κ2) is 6.98. The maximum Gasteiger partial charge on any atom is 0.0587 e. The molecule has 82 valence electrons. The van der Waals surface area contributed by atoms with Crippen molar-refractivity contribution in [3.63, 3.8) is 0 Å². The van der Waals surface area contributed by atoms with Gasteiger partial charge in [0.2, 0.25) is 0 Å². The summed E-state index contributed by atoms with van der Waals surface area (Å²) in [6, 6.07) is 0.699. The fourth-order valence-electron chi connectivity index (χ4n) is 1.98. The van der Waals surface area contributed by atoms with E-state index in [9.17, 15) is 0 Å². The van der Waals surface area contributed by atoms with E-state index in [0.29, 0.717) is 6.04 Å². The normalized spacial score (nSPS) is 22.8. The lowest BCUT2D eigenvalue weighted by molar-refractivity contribution is 0.194. The summed E-state index contributed by atoms with van der Waals surface area (Å²) in [6.07, 6.45) is 4.63. The summed E-state index contributed by atoms with van der Waals surface area (Å²) in [7, 11) is 1.74. The van der Waals surface area contributed by atoms with Gasteiger partial charge in [-0.05, 0) is 19.4 Å². The van der Waals surface area contributed by atoms with Gasteiger partial charge in [-0.3, -0.25) is 4.90 Å². The smallest absolute Gasteiger partial charge is 0.0587 e.